The Balaban J connectivity index is 1.36. The quantitative estimate of drug-likeness (QED) is 0.419. The number of ether oxygens (including phenoxy) is 3. The molecule has 204 valence electrons. The number of alkyl halides is 3. The van der Waals surface area contributed by atoms with Gasteiger partial charge < -0.3 is 28.8 Å². The second-order valence-electron chi connectivity index (χ2n) is 9.56. The van der Waals surface area contributed by atoms with Gasteiger partial charge in [-0.2, -0.15) is 8.78 Å². The molecule has 0 bridgehead atoms. The molecule has 1 N–H and O–H groups in total. The van der Waals surface area contributed by atoms with Crippen LogP contribution in [0.2, 0.25) is 0 Å². The molecule has 0 radical (unpaired) electrons. The van der Waals surface area contributed by atoms with Crippen LogP contribution in [0.1, 0.15) is 16.8 Å². The molecule has 1 amide bonds. The number of benzene rings is 2. The number of amides is 1. The maximum absolute atomic E-state index is 13.3. The van der Waals surface area contributed by atoms with E-state index in [-0.39, 0.29) is 23.5 Å². The van der Waals surface area contributed by atoms with Crippen molar-refractivity contribution in [1.29, 1.82) is 0 Å². The first-order valence-corrected chi connectivity index (χ1v) is 12.5. The Labute approximate surface area is 218 Å². The van der Waals surface area contributed by atoms with Crippen LogP contribution in [0.4, 0.5) is 13.2 Å². The van der Waals surface area contributed by atoms with Gasteiger partial charge in [-0.15, -0.1) is 0 Å². The van der Waals surface area contributed by atoms with Gasteiger partial charge in [0.25, 0.3) is 5.91 Å². The average Bonchev–Trinajstić information content (AvgIpc) is 3.41. The third kappa shape index (κ3) is 5.83. The van der Waals surface area contributed by atoms with Crippen molar-refractivity contribution in [1.82, 2.24) is 15.1 Å². The van der Waals surface area contributed by atoms with Crippen molar-refractivity contribution in [3.8, 4) is 28.4 Å². The highest BCUT2D eigenvalue weighted by atomic mass is 19.3. The van der Waals surface area contributed by atoms with Gasteiger partial charge in [0.2, 0.25) is 0 Å². The number of hydrogen-bond acceptors (Lipinski definition) is 7. The second-order valence-corrected chi connectivity index (χ2v) is 9.56. The van der Waals surface area contributed by atoms with Crippen molar-refractivity contribution in [2.24, 2.45) is 0 Å². The zero-order valence-electron chi connectivity index (χ0n) is 21.2. The number of piperazine rings is 1. The van der Waals surface area contributed by atoms with Gasteiger partial charge in [0.1, 0.15) is 41.2 Å². The molecule has 1 saturated heterocycles. The second kappa shape index (κ2) is 11.1. The average molecular weight is 534 g/mol. The fraction of sp³-hybridized carbons (Fsp3) is 0.444. The van der Waals surface area contributed by atoms with E-state index in [0.717, 1.165) is 38.1 Å². The van der Waals surface area contributed by atoms with Gasteiger partial charge in [-0.05, 0) is 36.9 Å². The van der Waals surface area contributed by atoms with Crippen LogP contribution in [-0.4, -0.2) is 88.0 Å². The number of rotatable bonds is 10. The number of nitrogens with one attached hydrogen (secondary N) is 1. The van der Waals surface area contributed by atoms with E-state index < -0.39 is 24.7 Å². The number of likely N-dealkylation sites (N-methyl/N-ethyl adjacent to an activating group) is 1. The summed E-state index contributed by atoms with van der Waals surface area (Å²) in [5.74, 6) is -0.444. The van der Waals surface area contributed by atoms with Crippen molar-refractivity contribution in [2.45, 2.75) is 25.2 Å². The van der Waals surface area contributed by atoms with Crippen molar-refractivity contribution in [3.05, 3.63) is 42.2 Å². The van der Waals surface area contributed by atoms with Crippen LogP contribution in [0.3, 0.4) is 0 Å². The lowest BCUT2D eigenvalue weighted by Gasteiger charge is -2.32. The van der Waals surface area contributed by atoms with Crippen molar-refractivity contribution < 1.29 is 36.6 Å². The lowest BCUT2D eigenvalue weighted by atomic mass is 10.0. The number of carbonyl (C=O) groups excluding carboxylic acids is 1. The van der Waals surface area contributed by atoms with Crippen molar-refractivity contribution in [3.63, 3.8) is 0 Å². The van der Waals surface area contributed by atoms with E-state index in [1.807, 2.05) is 12.1 Å². The molecular weight excluding hydrogens is 503 g/mol. The van der Waals surface area contributed by atoms with Gasteiger partial charge in [-0.3, -0.25) is 9.69 Å². The van der Waals surface area contributed by atoms with Crippen LogP contribution in [0.25, 0.3) is 22.1 Å². The SMILES string of the molecule is COc1cc(-c2coc3cc(OCCN4CCN(C)CC4)ccc23)cc(OC(F)F)c1C(=O)N[C@@H]1C[C@@H]1F. The van der Waals surface area contributed by atoms with Crippen molar-refractivity contribution >= 4 is 16.9 Å². The smallest absolute Gasteiger partial charge is 0.387 e. The largest absolute Gasteiger partial charge is 0.496 e. The van der Waals surface area contributed by atoms with Crippen LogP contribution in [-0.2, 0) is 0 Å². The molecule has 5 rings (SSSR count). The molecule has 11 heteroatoms. The molecule has 2 atom stereocenters. The van der Waals surface area contributed by atoms with E-state index in [4.69, 9.17) is 13.9 Å². The summed E-state index contributed by atoms with van der Waals surface area (Å²) >= 11 is 0. The van der Waals surface area contributed by atoms with Crippen LogP contribution in [0, 0.1) is 0 Å². The molecule has 0 spiro atoms. The Kier molecular flexibility index (Phi) is 7.66. The monoisotopic (exact) mass is 533 g/mol. The zero-order chi connectivity index (χ0) is 26.8. The predicted molar refractivity (Wildman–Crippen MR) is 135 cm³/mol. The molecule has 2 aromatic carbocycles. The Bertz CT molecular complexity index is 1290. The highest BCUT2D eigenvalue weighted by Gasteiger charge is 2.40. The Morgan fingerprint density at radius 2 is 1.89 bits per heavy atom. The van der Waals surface area contributed by atoms with Gasteiger partial charge in [0.15, 0.2) is 0 Å². The van der Waals surface area contributed by atoms with Crippen LogP contribution < -0.4 is 19.5 Å². The molecule has 38 heavy (non-hydrogen) atoms. The van der Waals surface area contributed by atoms with Crippen molar-refractivity contribution in [2.75, 3.05) is 53.5 Å². The topological polar surface area (TPSA) is 76.4 Å². The molecule has 1 aromatic heterocycles. The summed E-state index contributed by atoms with van der Waals surface area (Å²) < 4.78 is 61.5. The third-order valence-corrected chi connectivity index (χ3v) is 6.89. The highest BCUT2D eigenvalue weighted by molar-refractivity contribution is 6.02. The Morgan fingerprint density at radius 3 is 2.58 bits per heavy atom. The standard InChI is InChI=1S/C27H30F3N3O5/c1-32-5-7-33(8-6-32)9-10-36-17-3-4-18-19(15-37-22(18)13-17)16-11-23(35-2)25(24(12-16)38-27(29)30)26(34)31-21-14-20(21)28/h3-4,11-13,15,20-21,27H,5-10,14H2,1-2H3,(H,31,34)/t20-,21+/m0/s1. The molecule has 1 saturated carbocycles. The van der Waals surface area contributed by atoms with E-state index in [0.29, 0.717) is 29.1 Å². The molecule has 8 nitrogen and oxygen atoms in total. The van der Waals surface area contributed by atoms with Crippen LogP contribution in [0.15, 0.2) is 41.0 Å². The minimum absolute atomic E-state index is 0.0184. The van der Waals surface area contributed by atoms with Crippen LogP contribution in [0.5, 0.6) is 17.2 Å². The minimum Gasteiger partial charge on any atom is -0.496 e. The normalized spacial score (nSPS) is 20.1. The van der Waals surface area contributed by atoms with E-state index >= 15 is 0 Å². The molecular formula is C27H30F3N3O5. The number of nitrogens with zero attached hydrogens (tertiary/aromatic N) is 2. The number of hydrogen-bond donors (Lipinski definition) is 1. The number of halogens is 3. The summed E-state index contributed by atoms with van der Waals surface area (Å²) in [5.41, 5.74) is 1.38. The number of fused-ring (bicyclic) bond motifs is 1. The first-order valence-electron chi connectivity index (χ1n) is 12.5. The van der Waals surface area contributed by atoms with Gasteiger partial charge in [0, 0.05) is 56.2 Å². The molecule has 1 aliphatic heterocycles. The number of methoxy groups -OCH3 is 1. The Morgan fingerprint density at radius 1 is 1.16 bits per heavy atom. The van der Waals surface area contributed by atoms with Gasteiger partial charge >= 0.3 is 6.61 Å². The lowest BCUT2D eigenvalue weighted by molar-refractivity contribution is -0.0502. The number of furan rings is 1. The first kappa shape index (κ1) is 26.2. The van der Waals surface area contributed by atoms with Gasteiger partial charge in [0.05, 0.1) is 19.4 Å². The zero-order valence-corrected chi connectivity index (χ0v) is 21.2. The maximum atomic E-state index is 13.3. The highest BCUT2D eigenvalue weighted by Crippen LogP contribution is 2.40. The maximum Gasteiger partial charge on any atom is 0.387 e. The lowest BCUT2D eigenvalue weighted by Crippen LogP contribution is -2.45. The van der Waals surface area contributed by atoms with E-state index in [1.165, 1.54) is 25.5 Å². The van der Waals surface area contributed by atoms with Crippen LogP contribution >= 0.6 is 0 Å². The third-order valence-electron chi connectivity index (χ3n) is 6.89. The summed E-state index contributed by atoms with van der Waals surface area (Å²) in [6.07, 6.45) is 0.526. The molecule has 3 aromatic rings. The summed E-state index contributed by atoms with van der Waals surface area (Å²) in [6.45, 7) is 2.30. The Hall–Kier alpha value is -3.44. The van der Waals surface area contributed by atoms with E-state index in [1.54, 1.807) is 6.07 Å². The summed E-state index contributed by atoms with van der Waals surface area (Å²) in [6, 6.07) is 7.65. The predicted octanol–water partition coefficient (Wildman–Crippen LogP) is 4.18. The first-order chi connectivity index (χ1) is 18.3. The molecule has 2 aliphatic rings. The molecule has 2 fully saturated rings. The molecule has 2 heterocycles. The fourth-order valence-electron chi connectivity index (χ4n) is 4.56. The summed E-state index contributed by atoms with van der Waals surface area (Å²) in [4.78, 5) is 17.4. The van der Waals surface area contributed by atoms with Gasteiger partial charge in [-0.1, -0.05) is 0 Å². The van der Waals surface area contributed by atoms with E-state index in [9.17, 15) is 18.0 Å². The molecule has 1 aliphatic carbocycles. The molecule has 0 unspecified atom stereocenters. The number of carbonyl (C=O) groups is 1. The fourth-order valence-corrected chi connectivity index (χ4v) is 4.56. The van der Waals surface area contributed by atoms with E-state index in [2.05, 4.69) is 26.9 Å². The minimum atomic E-state index is -3.18. The van der Waals surface area contributed by atoms with Gasteiger partial charge in [-0.25, -0.2) is 4.39 Å². The summed E-state index contributed by atoms with van der Waals surface area (Å²) in [7, 11) is 3.43. The summed E-state index contributed by atoms with van der Waals surface area (Å²) in [5, 5.41) is 3.20.